The summed E-state index contributed by atoms with van der Waals surface area (Å²) in [5, 5.41) is 13.0. The van der Waals surface area contributed by atoms with Gasteiger partial charge in [0.1, 0.15) is 5.69 Å². The number of piperazine rings is 1. The highest BCUT2D eigenvalue weighted by atomic mass is 19.4. The molecule has 0 aromatic heterocycles. The first-order valence-corrected chi connectivity index (χ1v) is 13.2. The SMILES string of the molecule is COc1c(C(=O)c2cccc([N+](=O)[O-])c2NC(=O)C(F)(F)F)ccc(C(=O)N(C)c2ccccc2N2CCN(C)CC2)c1N. The number of anilines is 4. The Kier molecular flexibility index (Phi) is 9.08. The van der Waals surface area contributed by atoms with Crippen LogP contribution in [0, 0.1) is 10.1 Å². The highest BCUT2D eigenvalue weighted by Gasteiger charge is 2.41. The molecule has 3 N–H and O–H groups in total. The first-order valence-electron chi connectivity index (χ1n) is 13.2. The van der Waals surface area contributed by atoms with Crippen LogP contribution in [0.15, 0.2) is 54.6 Å². The molecular formula is C29H29F3N6O6. The van der Waals surface area contributed by atoms with Gasteiger partial charge in [-0.1, -0.05) is 18.2 Å². The van der Waals surface area contributed by atoms with Crippen molar-refractivity contribution in [2.45, 2.75) is 6.18 Å². The highest BCUT2D eigenvalue weighted by molar-refractivity contribution is 6.19. The number of halogens is 3. The van der Waals surface area contributed by atoms with Crippen molar-refractivity contribution in [3.63, 3.8) is 0 Å². The summed E-state index contributed by atoms with van der Waals surface area (Å²) in [6.45, 7) is 3.20. The number of nitro benzene ring substituents is 1. The summed E-state index contributed by atoms with van der Waals surface area (Å²) in [6.07, 6.45) is -5.39. The third-order valence-electron chi connectivity index (χ3n) is 7.25. The summed E-state index contributed by atoms with van der Waals surface area (Å²) in [5.74, 6) is -4.35. The van der Waals surface area contributed by atoms with Gasteiger partial charge in [0.15, 0.2) is 11.5 Å². The lowest BCUT2D eigenvalue weighted by Crippen LogP contribution is -2.45. The zero-order valence-corrected chi connectivity index (χ0v) is 24.0. The molecule has 0 bridgehead atoms. The smallest absolute Gasteiger partial charge is 0.471 e. The summed E-state index contributed by atoms with van der Waals surface area (Å²) in [7, 11) is 4.77. The lowest BCUT2D eigenvalue weighted by atomic mass is 9.97. The van der Waals surface area contributed by atoms with Crippen molar-refractivity contribution >= 4 is 46.0 Å². The number of hydrogen-bond acceptors (Lipinski definition) is 9. The van der Waals surface area contributed by atoms with E-state index < -0.39 is 45.6 Å². The fourth-order valence-electron chi connectivity index (χ4n) is 4.88. The molecule has 1 aliphatic heterocycles. The maximum atomic E-state index is 13.7. The quantitative estimate of drug-likeness (QED) is 0.166. The van der Waals surface area contributed by atoms with E-state index in [1.165, 1.54) is 29.5 Å². The van der Waals surface area contributed by atoms with E-state index in [4.69, 9.17) is 10.5 Å². The van der Waals surface area contributed by atoms with Gasteiger partial charge in [-0.05, 0) is 37.4 Å². The number of ether oxygens (including phenoxy) is 1. The van der Waals surface area contributed by atoms with Crippen LogP contribution in [0.3, 0.4) is 0 Å². The summed E-state index contributed by atoms with van der Waals surface area (Å²) in [5.41, 5.74) is 4.69. The minimum absolute atomic E-state index is 0.0290. The first-order chi connectivity index (χ1) is 20.8. The molecule has 0 radical (unpaired) electrons. The molecule has 15 heteroatoms. The summed E-state index contributed by atoms with van der Waals surface area (Å²) >= 11 is 0. The number of methoxy groups -OCH3 is 1. The molecule has 3 aromatic carbocycles. The third kappa shape index (κ3) is 6.27. The molecule has 0 spiro atoms. The number of likely N-dealkylation sites (N-methyl/N-ethyl adjacent to an activating group) is 1. The fourth-order valence-corrected chi connectivity index (χ4v) is 4.88. The Morgan fingerprint density at radius 1 is 0.977 bits per heavy atom. The van der Waals surface area contributed by atoms with Crippen LogP contribution in [-0.4, -0.2) is 81.0 Å². The number of nitrogens with zero attached hydrogens (tertiary/aromatic N) is 4. The number of alkyl halides is 3. The van der Waals surface area contributed by atoms with Crippen molar-refractivity contribution in [3.8, 4) is 5.75 Å². The number of nitrogens with one attached hydrogen (secondary N) is 1. The number of carbonyl (C=O) groups is 3. The van der Waals surface area contributed by atoms with Crippen LogP contribution in [0.2, 0.25) is 0 Å². The van der Waals surface area contributed by atoms with Crippen molar-refractivity contribution < 1.29 is 37.2 Å². The van der Waals surface area contributed by atoms with Crippen LogP contribution < -0.4 is 25.6 Å². The van der Waals surface area contributed by atoms with Crippen LogP contribution in [0.4, 0.5) is 41.6 Å². The first kappa shape index (κ1) is 31.7. The maximum Gasteiger partial charge on any atom is 0.471 e. The zero-order valence-electron chi connectivity index (χ0n) is 24.0. The molecule has 3 aromatic rings. The molecule has 1 heterocycles. The van der Waals surface area contributed by atoms with Gasteiger partial charge in [-0.3, -0.25) is 24.5 Å². The molecule has 1 aliphatic rings. The Labute approximate surface area is 249 Å². The van der Waals surface area contributed by atoms with E-state index in [0.717, 1.165) is 50.1 Å². The molecule has 0 unspecified atom stereocenters. The summed E-state index contributed by atoms with van der Waals surface area (Å²) in [4.78, 5) is 55.3. The van der Waals surface area contributed by atoms with E-state index in [1.807, 2.05) is 19.2 Å². The Hall–Kier alpha value is -5.18. The van der Waals surface area contributed by atoms with E-state index in [1.54, 1.807) is 19.2 Å². The number of nitro groups is 1. The number of hydrogen-bond donors (Lipinski definition) is 2. The van der Waals surface area contributed by atoms with Gasteiger partial charge in [0.25, 0.3) is 11.6 Å². The number of nitrogen functional groups attached to an aromatic ring is 1. The maximum absolute atomic E-state index is 13.7. The van der Waals surface area contributed by atoms with Crippen molar-refractivity contribution in [2.24, 2.45) is 0 Å². The second-order valence-corrected chi connectivity index (χ2v) is 9.99. The summed E-state index contributed by atoms with van der Waals surface area (Å²) < 4.78 is 44.4. The minimum Gasteiger partial charge on any atom is -0.494 e. The van der Waals surface area contributed by atoms with E-state index in [2.05, 4.69) is 9.80 Å². The van der Waals surface area contributed by atoms with Crippen molar-refractivity contribution in [2.75, 3.05) is 68.2 Å². The number of amides is 2. The third-order valence-corrected chi connectivity index (χ3v) is 7.25. The monoisotopic (exact) mass is 614 g/mol. The Morgan fingerprint density at radius 3 is 2.23 bits per heavy atom. The molecule has 1 saturated heterocycles. The van der Waals surface area contributed by atoms with Gasteiger partial charge in [-0.25, -0.2) is 0 Å². The van der Waals surface area contributed by atoms with Crippen molar-refractivity contribution in [1.82, 2.24) is 4.90 Å². The number of para-hydroxylation sites is 3. The molecule has 232 valence electrons. The number of rotatable bonds is 8. The van der Waals surface area contributed by atoms with Crippen LogP contribution >= 0.6 is 0 Å². The second kappa shape index (κ2) is 12.6. The summed E-state index contributed by atoms with van der Waals surface area (Å²) in [6, 6.07) is 12.7. The Morgan fingerprint density at radius 2 is 1.61 bits per heavy atom. The molecular weight excluding hydrogens is 585 g/mol. The number of benzene rings is 3. The molecule has 0 saturated carbocycles. The van der Waals surface area contributed by atoms with E-state index in [9.17, 15) is 37.7 Å². The molecule has 4 rings (SSSR count). The average molecular weight is 615 g/mol. The average Bonchev–Trinajstić information content (AvgIpc) is 2.99. The Balaban J connectivity index is 1.72. The van der Waals surface area contributed by atoms with E-state index in [-0.39, 0.29) is 22.6 Å². The molecule has 1 fully saturated rings. The number of carbonyl (C=O) groups excluding carboxylic acids is 3. The lowest BCUT2D eigenvalue weighted by Gasteiger charge is -2.36. The predicted octanol–water partition coefficient (Wildman–Crippen LogP) is 3.95. The Bertz CT molecular complexity index is 1620. The van der Waals surface area contributed by atoms with Gasteiger partial charge < -0.3 is 30.5 Å². The van der Waals surface area contributed by atoms with Gasteiger partial charge in [0.05, 0.1) is 45.8 Å². The normalized spacial score (nSPS) is 13.7. The second-order valence-electron chi connectivity index (χ2n) is 9.99. The largest absolute Gasteiger partial charge is 0.494 e. The minimum atomic E-state index is -5.39. The standard InChI is InChI=1S/C29H29F3N6O6/c1-35-13-15-37(16-14-35)21-9-5-4-8-20(21)36(2)27(40)17-11-12-19(26(44-3)23(17)33)25(39)18-7-6-10-22(38(42)43)24(18)34-28(41)29(30,31)32/h4-12H,13-16,33H2,1-3H3,(H,34,41). The molecule has 12 nitrogen and oxygen atoms in total. The van der Waals surface area contributed by atoms with Gasteiger partial charge in [-0.15, -0.1) is 0 Å². The number of ketones is 1. The van der Waals surface area contributed by atoms with E-state index >= 15 is 0 Å². The van der Waals surface area contributed by atoms with Crippen LogP contribution in [0.5, 0.6) is 5.75 Å². The van der Waals surface area contributed by atoms with Gasteiger partial charge in [0.2, 0.25) is 0 Å². The number of nitrogens with two attached hydrogens (primary N) is 1. The molecule has 44 heavy (non-hydrogen) atoms. The van der Waals surface area contributed by atoms with Crippen LogP contribution in [-0.2, 0) is 4.79 Å². The van der Waals surface area contributed by atoms with Gasteiger partial charge in [-0.2, -0.15) is 13.2 Å². The van der Waals surface area contributed by atoms with Crippen molar-refractivity contribution in [3.05, 3.63) is 81.4 Å². The van der Waals surface area contributed by atoms with Gasteiger partial charge in [0, 0.05) is 39.3 Å². The predicted molar refractivity (Wildman–Crippen MR) is 158 cm³/mol. The van der Waals surface area contributed by atoms with Crippen molar-refractivity contribution in [1.29, 1.82) is 0 Å². The molecule has 0 aliphatic carbocycles. The molecule has 2 amide bonds. The van der Waals surface area contributed by atoms with Crippen LogP contribution in [0.25, 0.3) is 0 Å². The van der Waals surface area contributed by atoms with Gasteiger partial charge >= 0.3 is 12.1 Å². The van der Waals surface area contributed by atoms with E-state index in [0.29, 0.717) is 5.69 Å². The topological polar surface area (TPSA) is 151 Å². The zero-order chi connectivity index (χ0) is 32.3. The van der Waals surface area contributed by atoms with Crippen LogP contribution in [0.1, 0.15) is 26.3 Å². The fraction of sp³-hybridized carbons (Fsp3) is 0.276. The lowest BCUT2D eigenvalue weighted by molar-refractivity contribution is -0.384. The molecule has 0 atom stereocenters. The highest BCUT2D eigenvalue weighted by Crippen LogP contribution is 2.38.